The molecule has 0 aliphatic rings. The molecule has 0 aliphatic heterocycles. The molecule has 0 saturated carbocycles. The number of fused-ring (bicyclic) bond motifs is 4. The van der Waals surface area contributed by atoms with Gasteiger partial charge in [0.1, 0.15) is 22.5 Å². The summed E-state index contributed by atoms with van der Waals surface area (Å²) in [6.45, 7) is 0. The van der Waals surface area contributed by atoms with E-state index in [1.165, 1.54) is 31.7 Å². The number of hydrogen-bond donors (Lipinski definition) is 2. The van der Waals surface area contributed by atoms with Crippen LogP contribution in [0.1, 0.15) is 0 Å². The maximum absolute atomic E-state index is 10.3. The maximum atomic E-state index is 10.3. The third-order valence-corrected chi connectivity index (χ3v) is 8.58. The third kappa shape index (κ3) is 3.02. The first-order chi connectivity index (χ1) is 17.5. The quantitative estimate of drug-likeness (QED) is 0.265. The van der Waals surface area contributed by atoms with Crippen molar-refractivity contribution in [3.63, 3.8) is 0 Å². The second-order valence-electron chi connectivity index (χ2n) is 7.66. The molecule has 0 radical (unpaired) electrons. The summed E-state index contributed by atoms with van der Waals surface area (Å²) in [6, 6.07) is 13.6. The van der Waals surface area contributed by atoms with E-state index in [4.69, 9.17) is 23.2 Å². The Labute approximate surface area is 218 Å². The van der Waals surface area contributed by atoms with E-state index >= 15 is 0 Å². The van der Waals surface area contributed by atoms with Gasteiger partial charge >= 0.3 is 0 Å². The van der Waals surface area contributed by atoms with Gasteiger partial charge in [-0.25, -0.2) is 0 Å². The minimum atomic E-state index is 0.0576. The average Bonchev–Trinajstić information content (AvgIpc) is 3.50. The molecule has 0 amide bonds. The van der Waals surface area contributed by atoms with Gasteiger partial charge in [0.2, 0.25) is 9.92 Å². The molecule has 0 spiro atoms. The van der Waals surface area contributed by atoms with Gasteiger partial charge in [-0.15, -0.1) is 20.4 Å². The summed E-state index contributed by atoms with van der Waals surface area (Å²) >= 11 is 16.2. The molecule has 0 unspecified atom stereocenters. The Bertz CT molecular complexity index is 1880. The molecule has 14 heteroatoms. The SMILES string of the molecule is Oc1ccccc1-c1nnc2sc3c(Cl)c4nn5c(-c6ccccc6O)nnc5sc4c(Cl)c3nn12. The van der Waals surface area contributed by atoms with Crippen molar-refractivity contribution in [2.45, 2.75) is 0 Å². The summed E-state index contributed by atoms with van der Waals surface area (Å²) in [4.78, 5) is 0.920. The zero-order valence-electron chi connectivity index (χ0n) is 17.7. The number of aromatic nitrogens is 8. The highest BCUT2D eigenvalue weighted by Gasteiger charge is 2.22. The number of phenols is 2. The Hall–Kier alpha value is -3.84. The molecule has 36 heavy (non-hydrogen) atoms. The molecule has 3 aromatic carbocycles. The Kier molecular flexibility index (Phi) is 4.66. The molecular weight excluding hydrogens is 543 g/mol. The molecule has 176 valence electrons. The molecular formula is C22H10Cl2N8O2S2. The molecule has 4 heterocycles. The van der Waals surface area contributed by atoms with Crippen molar-refractivity contribution in [1.29, 1.82) is 0 Å². The van der Waals surface area contributed by atoms with Crippen LogP contribution in [0.25, 0.3) is 53.1 Å². The van der Waals surface area contributed by atoms with Gasteiger partial charge in [-0.3, -0.25) is 0 Å². The highest BCUT2D eigenvalue weighted by molar-refractivity contribution is 7.25. The summed E-state index contributed by atoms with van der Waals surface area (Å²) in [6.07, 6.45) is 0. The van der Waals surface area contributed by atoms with Crippen molar-refractivity contribution in [1.82, 2.24) is 39.6 Å². The van der Waals surface area contributed by atoms with Gasteiger partial charge < -0.3 is 10.2 Å². The van der Waals surface area contributed by atoms with E-state index in [0.29, 0.717) is 63.2 Å². The zero-order valence-corrected chi connectivity index (χ0v) is 20.8. The van der Waals surface area contributed by atoms with Crippen LogP contribution >= 0.6 is 45.9 Å². The number of hydrogen-bond acceptors (Lipinski definition) is 10. The first-order valence-corrected chi connectivity index (χ1v) is 12.7. The van der Waals surface area contributed by atoms with E-state index in [9.17, 15) is 10.2 Å². The smallest absolute Gasteiger partial charge is 0.233 e. The molecule has 7 rings (SSSR count). The van der Waals surface area contributed by atoms with Crippen molar-refractivity contribution < 1.29 is 10.2 Å². The number of halogens is 2. The van der Waals surface area contributed by atoms with E-state index in [-0.39, 0.29) is 11.5 Å². The second kappa shape index (κ2) is 7.83. The molecule has 0 saturated heterocycles. The number of aromatic hydroxyl groups is 2. The Morgan fingerprint density at radius 2 is 1.03 bits per heavy atom. The predicted molar refractivity (Wildman–Crippen MR) is 139 cm³/mol. The topological polar surface area (TPSA) is 127 Å². The maximum Gasteiger partial charge on any atom is 0.233 e. The second-order valence-corrected chi connectivity index (χ2v) is 10.4. The van der Waals surface area contributed by atoms with Gasteiger partial charge in [-0.05, 0) is 24.3 Å². The van der Waals surface area contributed by atoms with Crippen LogP contribution < -0.4 is 0 Å². The van der Waals surface area contributed by atoms with Crippen LogP contribution in [0.5, 0.6) is 11.5 Å². The van der Waals surface area contributed by atoms with Crippen molar-refractivity contribution >= 4 is 76.2 Å². The van der Waals surface area contributed by atoms with Crippen LogP contribution in [0.15, 0.2) is 48.5 Å². The summed E-state index contributed by atoms with van der Waals surface area (Å²) in [7, 11) is 0. The molecule has 4 aromatic heterocycles. The van der Waals surface area contributed by atoms with Crippen molar-refractivity contribution in [2.24, 2.45) is 0 Å². The van der Waals surface area contributed by atoms with Gasteiger partial charge in [-0.1, -0.05) is 70.1 Å². The van der Waals surface area contributed by atoms with Crippen LogP contribution in [0.2, 0.25) is 10.0 Å². The van der Waals surface area contributed by atoms with Crippen LogP contribution in [0.3, 0.4) is 0 Å². The van der Waals surface area contributed by atoms with E-state index in [2.05, 4.69) is 30.6 Å². The van der Waals surface area contributed by atoms with Crippen LogP contribution in [-0.4, -0.2) is 49.8 Å². The van der Waals surface area contributed by atoms with Crippen LogP contribution in [-0.2, 0) is 0 Å². The van der Waals surface area contributed by atoms with E-state index < -0.39 is 0 Å². The number of para-hydroxylation sites is 2. The molecule has 0 bridgehead atoms. The number of phenolic OH excluding ortho intramolecular Hbond substituents is 2. The van der Waals surface area contributed by atoms with Gasteiger partial charge in [0.15, 0.2) is 11.6 Å². The average molecular weight is 553 g/mol. The monoisotopic (exact) mass is 552 g/mol. The first-order valence-electron chi connectivity index (χ1n) is 10.3. The lowest BCUT2D eigenvalue weighted by Gasteiger charge is -2.09. The first kappa shape index (κ1) is 21.4. The summed E-state index contributed by atoms with van der Waals surface area (Å²) in [5.74, 6) is 0.857. The predicted octanol–water partition coefficient (Wildman–Crippen LogP) is 5.61. The minimum Gasteiger partial charge on any atom is -0.507 e. The summed E-state index contributed by atoms with van der Waals surface area (Å²) < 4.78 is 4.21. The molecule has 7 aromatic rings. The Morgan fingerprint density at radius 1 is 0.611 bits per heavy atom. The van der Waals surface area contributed by atoms with Crippen molar-refractivity contribution in [3.8, 4) is 34.3 Å². The number of rotatable bonds is 2. The molecule has 0 fully saturated rings. The zero-order chi connectivity index (χ0) is 24.6. The molecule has 0 aliphatic carbocycles. The Balaban J connectivity index is 1.53. The van der Waals surface area contributed by atoms with Crippen molar-refractivity contribution in [2.75, 3.05) is 0 Å². The standard InChI is InChI=1S/C22H10Cl2N8O2S2/c23-13-15-17(35-21-27-25-19(31(21)29-15)9-5-1-3-7-11(9)33)14(24)16-18(13)36-22-28-26-20(32(22)30-16)10-6-2-4-8-12(10)34/h1-8,33-34H. The van der Waals surface area contributed by atoms with E-state index in [0.717, 1.165) is 0 Å². The normalized spacial score (nSPS) is 11.8. The molecule has 0 atom stereocenters. The minimum absolute atomic E-state index is 0.0576. The van der Waals surface area contributed by atoms with E-state index in [1.54, 1.807) is 48.5 Å². The fraction of sp³-hybridized carbons (Fsp3) is 0. The Morgan fingerprint density at radius 3 is 1.44 bits per heavy atom. The lowest BCUT2D eigenvalue weighted by molar-refractivity contribution is 0.476. The van der Waals surface area contributed by atoms with E-state index in [1.807, 2.05) is 0 Å². The fourth-order valence-electron chi connectivity index (χ4n) is 3.87. The van der Waals surface area contributed by atoms with Gasteiger partial charge in [0.25, 0.3) is 0 Å². The van der Waals surface area contributed by atoms with Crippen LogP contribution in [0, 0.1) is 0 Å². The summed E-state index contributed by atoms with van der Waals surface area (Å²) in [5, 5.41) is 47.6. The molecule has 10 nitrogen and oxygen atoms in total. The van der Waals surface area contributed by atoms with Crippen LogP contribution in [0.4, 0.5) is 0 Å². The third-order valence-electron chi connectivity index (χ3n) is 5.55. The van der Waals surface area contributed by atoms with Crippen molar-refractivity contribution in [3.05, 3.63) is 58.6 Å². The number of benzene rings is 3. The van der Waals surface area contributed by atoms with Gasteiger partial charge in [-0.2, -0.15) is 19.2 Å². The highest BCUT2D eigenvalue weighted by atomic mass is 35.5. The lowest BCUT2D eigenvalue weighted by Crippen LogP contribution is -1.98. The van der Waals surface area contributed by atoms with Gasteiger partial charge in [0.05, 0.1) is 30.6 Å². The summed E-state index contributed by atoms with van der Waals surface area (Å²) in [5.41, 5.74) is 1.84. The largest absolute Gasteiger partial charge is 0.507 e. The lowest BCUT2D eigenvalue weighted by atomic mass is 10.2. The van der Waals surface area contributed by atoms with Gasteiger partial charge in [0, 0.05) is 0 Å². The highest BCUT2D eigenvalue weighted by Crippen LogP contribution is 2.42. The number of nitrogens with zero attached hydrogens (tertiary/aromatic N) is 8. The molecule has 2 N–H and O–H groups in total. The fourth-order valence-corrected chi connectivity index (χ4v) is 6.46.